The van der Waals surface area contributed by atoms with Gasteiger partial charge in [0.05, 0.1) is 0 Å². The molecule has 0 aliphatic heterocycles. The first-order valence-corrected chi connectivity index (χ1v) is 5.65. The first-order chi connectivity index (χ1) is 7.54. The van der Waals surface area contributed by atoms with Crippen LogP contribution in [0.3, 0.4) is 0 Å². The van der Waals surface area contributed by atoms with Crippen molar-refractivity contribution in [1.82, 2.24) is 4.98 Å². The molecule has 0 saturated carbocycles. The van der Waals surface area contributed by atoms with Gasteiger partial charge in [-0.2, -0.15) is 0 Å². The summed E-state index contributed by atoms with van der Waals surface area (Å²) in [7, 11) is 0. The quantitative estimate of drug-likeness (QED) is 0.774. The zero-order chi connectivity index (χ0) is 12.1. The summed E-state index contributed by atoms with van der Waals surface area (Å²) >= 11 is 0. The third-order valence-corrected chi connectivity index (χ3v) is 2.46. The highest BCUT2D eigenvalue weighted by Crippen LogP contribution is 2.17. The first-order valence-electron chi connectivity index (χ1n) is 5.65. The fourth-order valence-corrected chi connectivity index (χ4v) is 1.57. The molecule has 0 radical (unpaired) electrons. The molecular formula is C13H21N3. The van der Waals surface area contributed by atoms with Gasteiger partial charge in [-0.3, -0.25) is 0 Å². The van der Waals surface area contributed by atoms with Gasteiger partial charge in [-0.05, 0) is 38.5 Å². The zero-order valence-corrected chi connectivity index (χ0v) is 10.4. The van der Waals surface area contributed by atoms with Gasteiger partial charge >= 0.3 is 0 Å². The fraction of sp³-hybridized carbons (Fsp3) is 0.462. The second-order valence-corrected chi connectivity index (χ2v) is 4.21. The monoisotopic (exact) mass is 219 g/mol. The van der Waals surface area contributed by atoms with Crippen LogP contribution in [-0.2, 0) is 0 Å². The average Bonchev–Trinajstić information content (AvgIpc) is 2.25. The molecule has 2 N–H and O–H groups in total. The Labute approximate surface area is 98.0 Å². The van der Waals surface area contributed by atoms with Crippen molar-refractivity contribution in [2.45, 2.75) is 26.8 Å². The van der Waals surface area contributed by atoms with Crippen molar-refractivity contribution in [3.63, 3.8) is 0 Å². The minimum atomic E-state index is 0.0466. The molecule has 3 nitrogen and oxygen atoms in total. The Balaban J connectivity index is 2.92. The smallest absolute Gasteiger partial charge is 0.129 e. The molecule has 0 saturated heterocycles. The summed E-state index contributed by atoms with van der Waals surface area (Å²) in [6.07, 6.45) is 1.81. The normalized spacial score (nSPS) is 12.2. The summed E-state index contributed by atoms with van der Waals surface area (Å²) in [6, 6.07) is 4.06. The van der Waals surface area contributed by atoms with Crippen molar-refractivity contribution in [2.24, 2.45) is 5.73 Å². The third-order valence-electron chi connectivity index (χ3n) is 2.46. The number of anilines is 1. The van der Waals surface area contributed by atoms with Gasteiger partial charge in [0.1, 0.15) is 5.82 Å². The van der Waals surface area contributed by atoms with Crippen LogP contribution in [0, 0.1) is 0 Å². The SMILES string of the molecule is C=C(C)CN(CC)c1cc(C(C)N)ccn1. The molecule has 0 aliphatic rings. The van der Waals surface area contributed by atoms with E-state index in [-0.39, 0.29) is 6.04 Å². The van der Waals surface area contributed by atoms with E-state index in [2.05, 4.69) is 29.5 Å². The van der Waals surface area contributed by atoms with Crippen LogP contribution in [0.5, 0.6) is 0 Å². The van der Waals surface area contributed by atoms with Crippen LogP contribution >= 0.6 is 0 Å². The predicted octanol–water partition coefficient (Wildman–Crippen LogP) is 2.50. The minimum absolute atomic E-state index is 0.0466. The largest absolute Gasteiger partial charge is 0.353 e. The molecule has 0 aromatic carbocycles. The van der Waals surface area contributed by atoms with Crippen molar-refractivity contribution in [1.29, 1.82) is 0 Å². The van der Waals surface area contributed by atoms with Gasteiger partial charge in [-0.25, -0.2) is 4.98 Å². The molecule has 0 amide bonds. The molecule has 1 rings (SSSR count). The Morgan fingerprint density at radius 1 is 1.62 bits per heavy atom. The van der Waals surface area contributed by atoms with Gasteiger partial charge in [0.15, 0.2) is 0 Å². The van der Waals surface area contributed by atoms with Crippen LogP contribution in [-0.4, -0.2) is 18.1 Å². The Morgan fingerprint density at radius 2 is 2.31 bits per heavy atom. The summed E-state index contributed by atoms with van der Waals surface area (Å²) in [5, 5.41) is 0. The fourth-order valence-electron chi connectivity index (χ4n) is 1.57. The van der Waals surface area contributed by atoms with E-state index in [4.69, 9.17) is 5.73 Å². The lowest BCUT2D eigenvalue weighted by molar-refractivity contribution is 0.805. The van der Waals surface area contributed by atoms with Crippen molar-refractivity contribution in [2.75, 3.05) is 18.0 Å². The van der Waals surface area contributed by atoms with Crippen LogP contribution in [0.25, 0.3) is 0 Å². The standard InChI is InChI=1S/C13H21N3/c1-5-16(9-10(2)3)13-8-12(11(4)14)6-7-15-13/h6-8,11H,2,5,9,14H2,1,3-4H3. The highest BCUT2D eigenvalue weighted by atomic mass is 15.2. The van der Waals surface area contributed by atoms with E-state index in [1.165, 1.54) is 0 Å². The van der Waals surface area contributed by atoms with Crippen LogP contribution in [0.2, 0.25) is 0 Å². The Morgan fingerprint density at radius 3 is 2.81 bits per heavy atom. The Hall–Kier alpha value is -1.35. The Bertz CT molecular complexity index is 358. The summed E-state index contributed by atoms with van der Waals surface area (Å²) in [6.45, 7) is 11.8. The van der Waals surface area contributed by atoms with Gasteiger partial charge in [0.25, 0.3) is 0 Å². The molecule has 0 spiro atoms. The van der Waals surface area contributed by atoms with Crippen molar-refractivity contribution in [3.05, 3.63) is 36.0 Å². The molecule has 1 aromatic rings. The van der Waals surface area contributed by atoms with E-state index in [1.54, 1.807) is 0 Å². The lowest BCUT2D eigenvalue weighted by Gasteiger charge is -2.22. The average molecular weight is 219 g/mol. The van der Waals surface area contributed by atoms with Crippen molar-refractivity contribution < 1.29 is 0 Å². The molecular weight excluding hydrogens is 198 g/mol. The minimum Gasteiger partial charge on any atom is -0.353 e. The number of pyridine rings is 1. The van der Waals surface area contributed by atoms with Crippen LogP contribution in [0.15, 0.2) is 30.5 Å². The zero-order valence-electron chi connectivity index (χ0n) is 10.4. The van der Waals surface area contributed by atoms with E-state index in [1.807, 2.05) is 26.1 Å². The van der Waals surface area contributed by atoms with Crippen molar-refractivity contribution in [3.8, 4) is 0 Å². The molecule has 0 aliphatic carbocycles. The van der Waals surface area contributed by atoms with E-state index < -0.39 is 0 Å². The van der Waals surface area contributed by atoms with Gasteiger partial charge in [-0.15, -0.1) is 0 Å². The topological polar surface area (TPSA) is 42.1 Å². The highest BCUT2D eigenvalue weighted by molar-refractivity contribution is 5.42. The number of hydrogen-bond donors (Lipinski definition) is 1. The lowest BCUT2D eigenvalue weighted by atomic mass is 10.1. The van der Waals surface area contributed by atoms with Gasteiger partial charge < -0.3 is 10.6 Å². The number of hydrogen-bond acceptors (Lipinski definition) is 3. The van der Waals surface area contributed by atoms with Gasteiger partial charge in [0, 0.05) is 25.3 Å². The molecule has 1 heterocycles. The highest BCUT2D eigenvalue weighted by Gasteiger charge is 2.07. The molecule has 16 heavy (non-hydrogen) atoms. The molecule has 1 aromatic heterocycles. The molecule has 0 fully saturated rings. The maximum Gasteiger partial charge on any atom is 0.129 e. The second kappa shape index (κ2) is 5.66. The third kappa shape index (κ3) is 3.35. The Kier molecular flexibility index (Phi) is 4.50. The number of nitrogens with two attached hydrogens (primary N) is 1. The van der Waals surface area contributed by atoms with E-state index in [0.717, 1.165) is 30.0 Å². The maximum atomic E-state index is 5.86. The number of likely N-dealkylation sites (N-methyl/N-ethyl adjacent to an activating group) is 1. The summed E-state index contributed by atoms with van der Waals surface area (Å²) in [5.41, 5.74) is 8.11. The van der Waals surface area contributed by atoms with Crippen LogP contribution < -0.4 is 10.6 Å². The summed E-state index contributed by atoms with van der Waals surface area (Å²) < 4.78 is 0. The lowest BCUT2D eigenvalue weighted by Crippen LogP contribution is -2.25. The second-order valence-electron chi connectivity index (χ2n) is 4.21. The summed E-state index contributed by atoms with van der Waals surface area (Å²) in [4.78, 5) is 6.56. The van der Waals surface area contributed by atoms with Gasteiger partial charge in [0.2, 0.25) is 0 Å². The number of nitrogens with zero attached hydrogens (tertiary/aromatic N) is 2. The molecule has 3 heteroatoms. The number of aromatic nitrogens is 1. The van der Waals surface area contributed by atoms with Gasteiger partial charge in [-0.1, -0.05) is 12.2 Å². The van der Waals surface area contributed by atoms with E-state index in [0.29, 0.717) is 0 Å². The first kappa shape index (κ1) is 12.7. The predicted molar refractivity (Wildman–Crippen MR) is 69.5 cm³/mol. The number of rotatable bonds is 5. The van der Waals surface area contributed by atoms with Crippen molar-refractivity contribution >= 4 is 5.82 Å². The van der Waals surface area contributed by atoms with Crippen LogP contribution in [0.1, 0.15) is 32.4 Å². The van der Waals surface area contributed by atoms with E-state index >= 15 is 0 Å². The molecule has 1 atom stereocenters. The van der Waals surface area contributed by atoms with E-state index in [9.17, 15) is 0 Å². The molecule has 1 unspecified atom stereocenters. The molecule has 0 bridgehead atoms. The maximum absolute atomic E-state index is 5.86. The summed E-state index contributed by atoms with van der Waals surface area (Å²) in [5.74, 6) is 0.973. The van der Waals surface area contributed by atoms with Crippen LogP contribution in [0.4, 0.5) is 5.82 Å². The molecule has 88 valence electrons.